The van der Waals surface area contributed by atoms with Crippen molar-refractivity contribution >= 4 is 17.0 Å². The first-order valence-electron chi connectivity index (χ1n) is 6.24. The fourth-order valence-corrected chi connectivity index (χ4v) is 2.17. The fraction of sp³-hybridized carbons (Fsp3) is 0.133. The van der Waals surface area contributed by atoms with Crippen LogP contribution < -0.4 is 0 Å². The number of hydrogen-bond acceptors (Lipinski definition) is 3. The number of aryl methyl sites for hydroxylation is 1. The smallest absolute Gasteiger partial charge is 0.335 e. The first-order valence-corrected chi connectivity index (χ1v) is 6.24. The standard InChI is InChI=1S/C15H13N3O2/c1-10-3-2-6-16-13(10)8-18-9-17-12-7-11(15(19)20)4-5-14(12)18/h2-7,9H,8H2,1H3,(H,19,20). The molecular weight excluding hydrogens is 254 g/mol. The van der Waals surface area contributed by atoms with E-state index in [1.165, 1.54) is 0 Å². The zero-order valence-electron chi connectivity index (χ0n) is 10.9. The van der Waals surface area contributed by atoms with Gasteiger partial charge in [-0.1, -0.05) is 6.07 Å². The number of imidazole rings is 1. The second kappa shape index (κ2) is 4.77. The molecule has 0 saturated heterocycles. The Morgan fingerprint density at radius 3 is 2.90 bits per heavy atom. The molecule has 0 aliphatic heterocycles. The third-order valence-corrected chi connectivity index (χ3v) is 3.31. The number of aromatic nitrogens is 3. The summed E-state index contributed by atoms with van der Waals surface area (Å²) in [6, 6.07) is 8.88. The molecule has 2 heterocycles. The zero-order valence-corrected chi connectivity index (χ0v) is 10.9. The van der Waals surface area contributed by atoms with Gasteiger partial charge in [0.1, 0.15) is 0 Å². The van der Waals surface area contributed by atoms with Crippen LogP contribution in [0.15, 0.2) is 42.9 Å². The quantitative estimate of drug-likeness (QED) is 0.791. The number of carbonyl (C=O) groups is 1. The number of fused-ring (bicyclic) bond motifs is 1. The summed E-state index contributed by atoms with van der Waals surface area (Å²) in [6.45, 7) is 2.64. The van der Waals surface area contributed by atoms with Crippen molar-refractivity contribution in [3.05, 3.63) is 59.7 Å². The van der Waals surface area contributed by atoms with Gasteiger partial charge in [0.05, 0.1) is 35.2 Å². The van der Waals surface area contributed by atoms with E-state index in [2.05, 4.69) is 9.97 Å². The molecule has 0 spiro atoms. The molecule has 2 aromatic heterocycles. The zero-order chi connectivity index (χ0) is 14.1. The molecule has 5 nitrogen and oxygen atoms in total. The van der Waals surface area contributed by atoms with E-state index in [0.717, 1.165) is 16.8 Å². The summed E-state index contributed by atoms with van der Waals surface area (Å²) in [7, 11) is 0. The van der Waals surface area contributed by atoms with E-state index in [-0.39, 0.29) is 5.56 Å². The van der Waals surface area contributed by atoms with Crippen molar-refractivity contribution in [1.82, 2.24) is 14.5 Å². The predicted molar refractivity (Wildman–Crippen MR) is 74.8 cm³/mol. The van der Waals surface area contributed by atoms with Gasteiger partial charge >= 0.3 is 5.97 Å². The number of aromatic carboxylic acids is 1. The average molecular weight is 267 g/mol. The Balaban J connectivity index is 2.01. The van der Waals surface area contributed by atoms with Crippen molar-refractivity contribution in [3.63, 3.8) is 0 Å². The SMILES string of the molecule is Cc1cccnc1Cn1cnc2cc(C(=O)O)ccc21. The number of benzene rings is 1. The summed E-state index contributed by atoms with van der Waals surface area (Å²) in [6.07, 6.45) is 3.48. The van der Waals surface area contributed by atoms with E-state index in [1.54, 1.807) is 30.7 Å². The molecule has 1 aromatic carbocycles. The molecule has 5 heteroatoms. The summed E-state index contributed by atoms with van der Waals surface area (Å²) >= 11 is 0. The van der Waals surface area contributed by atoms with E-state index < -0.39 is 5.97 Å². The summed E-state index contributed by atoms with van der Waals surface area (Å²) in [5.74, 6) is -0.943. The Labute approximate surface area is 115 Å². The summed E-state index contributed by atoms with van der Waals surface area (Å²) in [5.41, 5.74) is 3.93. The van der Waals surface area contributed by atoms with Gasteiger partial charge in [-0.15, -0.1) is 0 Å². The van der Waals surface area contributed by atoms with E-state index >= 15 is 0 Å². The van der Waals surface area contributed by atoms with E-state index in [0.29, 0.717) is 12.1 Å². The molecule has 3 aromatic rings. The lowest BCUT2D eigenvalue weighted by Crippen LogP contribution is -2.02. The Morgan fingerprint density at radius 2 is 2.15 bits per heavy atom. The highest BCUT2D eigenvalue weighted by molar-refractivity contribution is 5.92. The minimum atomic E-state index is -0.943. The third kappa shape index (κ3) is 2.14. The Bertz CT molecular complexity index is 793. The molecule has 0 aliphatic carbocycles. The molecule has 3 rings (SSSR count). The van der Waals surface area contributed by atoms with Crippen molar-refractivity contribution in [2.24, 2.45) is 0 Å². The minimum absolute atomic E-state index is 0.247. The highest BCUT2D eigenvalue weighted by Crippen LogP contribution is 2.17. The molecule has 0 bridgehead atoms. The molecular formula is C15H13N3O2. The number of nitrogens with zero attached hydrogens (tertiary/aromatic N) is 3. The second-order valence-corrected chi connectivity index (χ2v) is 4.65. The van der Waals surface area contributed by atoms with Crippen LogP contribution in [0.4, 0.5) is 0 Å². The molecule has 0 amide bonds. The van der Waals surface area contributed by atoms with Crippen LogP contribution in [0.3, 0.4) is 0 Å². The molecule has 1 N–H and O–H groups in total. The summed E-state index contributed by atoms with van der Waals surface area (Å²) in [5, 5.41) is 8.98. The number of carboxylic acids is 1. The van der Waals surface area contributed by atoms with Gasteiger partial charge in [-0.25, -0.2) is 9.78 Å². The Morgan fingerprint density at radius 1 is 1.30 bits per heavy atom. The van der Waals surface area contributed by atoms with Crippen LogP contribution in [-0.4, -0.2) is 25.6 Å². The molecule has 0 fully saturated rings. The predicted octanol–water partition coefficient (Wildman–Crippen LogP) is 2.49. The van der Waals surface area contributed by atoms with Crippen molar-refractivity contribution < 1.29 is 9.90 Å². The van der Waals surface area contributed by atoms with Gasteiger partial charge in [0, 0.05) is 6.20 Å². The lowest BCUT2D eigenvalue weighted by Gasteiger charge is -2.06. The summed E-state index contributed by atoms with van der Waals surface area (Å²) in [4.78, 5) is 19.6. The largest absolute Gasteiger partial charge is 0.478 e. The number of hydrogen-bond donors (Lipinski definition) is 1. The van der Waals surface area contributed by atoms with Gasteiger partial charge in [0.2, 0.25) is 0 Å². The maximum absolute atomic E-state index is 10.9. The molecule has 20 heavy (non-hydrogen) atoms. The van der Waals surface area contributed by atoms with Crippen LogP contribution in [0.25, 0.3) is 11.0 Å². The van der Waals surface area contributed by atoms with Crippen LogP contribution in [0.2, 0.25) is 0 Å². The lowest BCUT2D eigenvalue weighted by molar-refractivity contribution is 0.0697. The van der Waals surface area contributed by atoms with Crippen LogP contribution >= 0.6 is 0 Å². The van der Waals surface area contributed by atoms with Gasteiger partial charge < -0.3 is 9.67 Å². The van der Waals surface area contributed by atoms with Gasteiger partial charge in [0.15, 0.2) is 0 Å². The number of pyridine rings is 1. The maximum Gasteiger partial charge on any atom is 0.335 e. The maximum atomic E-state index is 10.9. The monoisotopic (exact) mass is 267 g/mol. The first-order chi connectivity index (χ1) is 9.65. The fourth-order valence-electron chi connectivity index (χ4n) is 2.17. The van der Waals surface area contributed by atoms with Gasteiger partial charge in [-0.3, -0.25) is 4.98 Å². The third-order valence-electron chi connectivity index (χ3n) is 3.31. The average Bonchev–Trinajstić information content (AvgIpc) is 2.84. The van der Waals surface area contributed by atoms with Crippen LogP contribution in [0, 0.1) is 6.92 Å². The number of carboxylic acid groups (broad SMARTS) is 1. The van der Waals surface area contributed by atoms with Gasteiger partial charge in [-0.2, -0.15) is 0 Å². The van der Waals surface area contributed by atoms with Crippen molar-refractivity contribution in [2.75, 3.05) is 0 Å². The molecule has 100 valence electrons. The topological polar surface area (TPSA) is 68.0 Å². The molecule has 0 radical (unpaired) electrons. The normalized spacial score (nSPS) is 10.8. The number of rotatable bonds is 3. The molecule has 0 saturated carbocycles. The first kappa shape index (κ1) is 12.3. The second-order valence-electron chi connectivity index (χ2n) is 4.65. The van der Waals surface area contributed by atoms with Crippen LogP contribution in [-0.2, 0) is 6.54 Å². The highest BCUT2D eigenvalue weighted by Gasteiger charge is 2.09. The van der Waals surface area contributed by atoms with Crippen molar-refractivity contribution in [1.29, 1.82) is 0 Å². The van der Waals surface area contributed by atoms with Crippen LogP contribution in [0.1, 0.15) is 21.6 Å². The van der Waals surface area contributed by atoms with E-state index in [4.69, 9.17) is 5.11 Å². The van der Waals surface area contributed by atoms with Gasteiger partial charge in [0.25, 0.3) is 0 Å². The van der Waals surface area contributed by atoms with Gasteiger partial charge in [-0.05, 0) is 36.8 Å². The van der Waals surface area contributed by atoms with Crippen LogP contribution in [0.5, 0.6) is 0 Å². The van der Waals surface area contributed by atoms with E-state index in [1.807, 2.05) is 23.6 Å². The van der Waals surface area contributed by atoms with Crippen molar-refractivity contribution in [2.45, 2.75) is 13.5 Å². The minimum Gasteiger partial charge on any atom is -0.478 e. The van der Waals surface area contributed by atoms with Crippen molar-refractivity contribution in [3.8, 4) is 0 Å². The molecule has 0 aliphatic rings. The Hall–Kier alpha value is -2.69. The summed E-state index contributed by atoms with van der Waals surface area (Å²) < 4.78 is 1.97. The Kier molecular flexibility index (Phi) is 2.95. The lowest BCUT2D eigenvalue weighted by atomic mass is 10.2. The van der Waals surface area contributed by atoms with E-state index in [9.17, 15) is 4.79 Å². The molecule has 0 unspecified atom stereocenters. The highest BCUT2D eigenvalue weighted by atomic mass is 16.4. The molecule has 0 atom stereocenters.